The van der Waals surface area contributed by atoms with Gasteiger partial charge in [0, 0.05) is 12.5 Å². The van der Waals surface area contributed by atoms with E-state index in [1.165, 1.54) is 18.4 Å². The van der Waals surface area contributed by atoms with Crippen LogP contribution in [0.4, 0.5) is 0 Å². The Labute approximate surface area is 103 Å². The monoisotopic (exact) mass is 231 g/mol. The average Bonchev–Trinajstić information content (AvgIpc) is 2.40. The summed E-state index contributed by atoms with van der Waals surface area (Å²) in [6.45, 7) is 1.91. The molecule has 0 saturated heterocycles. The fourth-order valence-corrected chi connectivity index (χ4v) is 2.63. The number of hydrogen-bond acceptors (Lipinski definition) is 1. The second kappa shape index (κ2) is 5.85. The highest BCUT2D eigenvalue weighted by Gasteiger charge is 2.22. The lowest BCUT2D eigenvalue weighted by atomic mass is 9.82. The maximum atomic E-state index is 11.3. The zero-order valence-electron chi connectivity index (χ0n) is 10.5. The summed E-state index contributed by atoms with van der Waals surface area (Å²) in [7, 11) is 0. The molecule has 1 aliphatic carbocycles. The first-order valence-corrected chi connectivity index (χ1v) is 6.64. The highest BCUT2D eigenvalue weighted by molar-refractivity contribution is 5.75. The standard InChI is InChI=1S/C15H21NO/c1-2-15(17)16-14-10-8-13(9-11-14)12-6-4-3-5-7-12/h3-7,13-14H,2,8-11H2,1H3,(H,16,17). The lowest BCUT2D eigenvalue weighted by Gasteiger charge is -2.29. The molecule has 0 unspecified atom stereocenters. The summed E-state index contributed by atoms with van der Waals surface area (Å²) in [5.41, 5.74) is 1.45. The van der Waals surface area contributed by atoms with Crippen LogP contribution in [0.25, 0.3) is 0 Å². The Morgan fingerprint density at radius 3 is 2.41 bits per heavy atom. The Morgan fingerprint density at radius 1 is 1.18 bits per heavy atom. The molecule has 1 saturated carbocycles. The van der Waals surface area contributed by atoms with Gasteiger partial charge in [0.25, 0.3) is 0 Å². The lowest BCUT2D eigenvalue weighted by molar-refractivity contribution is -0.121. The molecule has 1 amide bonds. The Balaban J connectivity index is 1.84. The molecule has 1 N–H and O–H groups in total. The quantitative estimate of drug-likeness (QED) is 0.850. The summed E-state index contributed by atoms with van der Waals surface area (Å²) >= 11 is 0. The maximum absolute atomic E-state index is 11.3. The number of carbonyl (C=O) groups is 1. The second-order valence-corrected chi connectivity index (χ2v) is 4.88. The molecule has 2 heteroatoms. The zero-order valence-corrected chi connectivity index (χ0v) is 10.5. The molecule has 0 radical (unpaired) electrons. The van der Waals surface area contributed by atoms with Crippen molar-refractivity contribution in [2.75, 3.05) is 0 Å². The van der Waals surface area contributed by atoms with Gasteiger partial charge in [0.1, 0.15) is 0 Å². The van der Waals surface area contributed by atoms with Gasteiger partial charge < -0.3 is 5.32 Å². The van der Waals surface area contributed by atoms with Crippen LogP contribution in [-0.2, 0) is 4.79 Å². The molecule has 0 bridgehead atoms. The van der Waals surface area contributed by atoms with Crippen molar-refractivity contribution in [1.82, 2.24) is 5.32 Å². The summed E-state index contributed by atoms with van der Waals surface area (Å²) in [5.74, 6) is 0.874. The molecule has 2 nitrogen and oxygen atoms in total. The first-order chi connectivity index (χ1) is 8.29. The minimum Gasteiger partial charge on any atom is -0.353 e. The van der Waals surface area contributed by atoms with E-state index in [0.717, 1.165) is 12.8 Å². The van der Waals surface area contributed by atoms with Gasteiger partial charge in [0.2, 0.25) is 5.91 Å². The van der Waals surface area contributed by atoms with Crippen molar-refractivity contribution in [2.24, 2.45) is 0 Å². The van der Waals surface area contributed by atoms with Crippen molar-refractivity contribution in [2.45, 2.75) is 51.0 Å². The van der Waals surface area contributed by atoms with E-state index in [0.29, 0.717) is 18.4 Å². The van der Waals surface area contributed by atoms with Crippen LogP contribution in [-0.4, -0.2) is 11.9 Å². The molecule has 92 valence electrons. The third-order valence-electron chi connectivity index (χ3n) is 3.68. The predicted octanol–water partition coefficient (Wildman–Crippen LogP) is 3.24. The van der Waals surface area contributed by atoms with Crippen molar-refractivity contribution in [1.29, 1.82) is 0 Å². The number of rotatable bonds is 3. The van der Waals surface area contributed by atoms with Gasteiger partial charge in [-0.15, -0.1) is 0 Å². The largest absolute Gasteiger partial charge is 0.353 e. The summed E-state index contributed by atoms with van der Waals surface area (Å²) in [4.78, 5) is 11.3. The number of benzene rings is 1. The van der Waals surface area contributed by atoms with Crippen molar-refractivity contribution >= 4 is 5.91 Å². The van der Waals surface area contributed by atoms with Crippen LogP contribution >= 0.6 is 0 Å². The Hall–Kier alpha value is -1.31. The highest BCUT2D eigenvalue weighted by Crippen LogP contribution is 2.32. The van der Waals surface area contributed by atoms with Crippen molar-refractivity contribution in [3.8, 4) is 0 Å². The summed E-state index contributed by atoms with van der Waals surface area (Å²) < 4.78 is 0. The number of hydrogen-bond donors (Lipinski definition) is 1. The van der Waals surface area contributed by atoms with E-state index >= 15 is 0 Å². The number of amides is 1. The number of nitrogens with one attached hydrogen (secondary N) is 1. The summed E-state index contributed by atoms with van der Waals surface area (Å²) in [6, 6.07) is 11.1. The van der Waals surface area contributed by atoms with Crippen LogP contribution in [0.15, 0.2) is 30.3 Å². The third-order valence-corrected chi connectivity index (χ3v) is 3.68. The van der Waals surface area contributed by atoms with E-state index in [4.69, 9.17) is 0 Å². The highest BCUT2D eigenvalue weighted by atomic mass is 16.1. The minimum atomic E-state index is 0.188. The van der Waals surface area contributed by atoms with Crippen LogP contribution in [0.3, 0.4) is 0 Å². The zero-order chi connectivity index (χ0) is 12.1. The van der Waals surface area contributed by atoms with E-state index < -0.39 is 0 Å². The molecular formula is C15H21NO. The van der Waals surface area contributed by atoms with Gasteiger partial charge >= 0.3 is 0 Å². The second-order valence-electron chi connectivity index (χ2n) is 4.88. The van der Waals surface area contributed by atoms with Crippen LogP contribution < -0.4 is 5.32 Å². The topological polar surface area (TPSA) is 29.1 Å². The molecular weight excluding hydrogens is 210 g/mol. The van der Waals surface area contributed by atoms with Crippen LogP contribution in [0, 0.1) is 0 Å². The molecule has 1 aliphatic rings. The summed E-state index contributed by atoms with van der Waals surface area (Å²) in [6.07, 6.45) is 5.21. The number of carbonyl (C=O) groups excluding carboxylic acids is 1. The molecule has 0 spiro atoms. The minimum absolute atomic E-state index is 0.188. The van der Waals surface area contributed by atoms with Gasteiger partial charge in [-0.3, -0.25) is 4.79 Å². The van der Waals surface area contributed by atoms with Gasteiger partial charge in [-0.05, 0) is 37.2 Å². The average molecular weight is 231 g/mol. The summed E-state index contributed by atoms with van der Waals surface area (Å²) in [5, 5.41) is 3.10. The third kappa shape index (κ3) is 3.32. The van der Waals surface area contributed by atoms with Gasteiger partial charge in [-0.1, -0.05) is 37.3 Å². The van der Waals surface area contributed by atoms with E-state index in [9.17, 15) is 4.79 Å². The Morgan fingerprint density at radius 2 is 1.82 bits per heavy atom. The maximum Gasteiger partial charge on any atom is 0.219 e. The molecule has 17 heavy (non-hydrogen) atoms. The van der Waals surface area contributed by atoms with Crippen LogP contribution in [0.5, 0.6) is 0 Å². The molecule has 0 aliphatic heterocycles. The van der Waals surface area contributed by atoms with Crippen LogP contribution in [0.1, 0.15) is 50.5 Å². The normalized spacial score (nSPS) is 24.3. The van der Waals surface area contributed by atoms with E-state index in [1.54, 1.807) is 0 Å². The Bertz CT molecular complexity index is 352. The molecule has 0 atom stereocenters. The smallest absolute Gasteiger partial charge is 0.219 e. The van der Waals surface area contributed by atoms with Gasteiger partial charge in [0.05, 0.1) is 0 Å². The van der Waals surface area contributed by atoms with E-state index in [-0.39, 0.29) is 5.91 Å². The van der Waals surface area contributed by atoms with Gasteiger partial charge in [-0.25, -0.2) is 0 Å². The molecule has 1 aromatic rings. The van der Waals surface area contributed by atoms with E-state index in [1.807, 2.05) is 6.92 Å². The van der Waals surface area contributed by atoms with Crippen molar-refractivity contribution < 1.29 is 4.79 Å². The lowest BCUT2D eigenvalue weighted by Crippen LogP contribution is -2.36. The molecule has 1 fully saturated rings. The van der Waals surface area contributed by atoms with Crippen LogP contribution in [0.2, 0.25) is 0 Å². The predicted molar refractivity (Wildman–Crippen MR) is 69.9 cm³/mol. The fraction of sp³-hybridized carbons (Fsp3) is 0.533. The van der Waals surface area contributed by atoms with Gasteiger partial charge in [-0.2, -0.15) is 0 Å². The van der Waals surface area contributed by atoms with Crippen molar-refractivity contribution in [3.63, 3.8) is 0 Å². The van der Waals surface area contributed by atoms with Crippen molar-refractivity contribution in [3.05, 3.63) is 35.9 Å². The SMILES string of the molecule is CCC(=O)NC1CCC(c2ccccc2)CC1. The van der Waals surface area contributed by atoms with Gasteiger partial charge in [0.15, 0.2) is 0 Å². The molecule has 1 aromatic carbocycles. The molecule has 0 heterocycles. The first kappa shape index (κ1) is 12.2. The molecule has 2 rings (SSSR count). The van der Waals surface area contributed by atoms with E-state index in [2.05, 4.69) is 35.6 Å². The first-order valence-electron chi connectivity index (χ1n) is 6.64. The Kier molecular flexibility index (Phi) is 4.18. The fourth-order valence-electron chi connectivity index (χ4n) is 2.63. The molecule has 0 aromatic heterocycles.